The van der Waals surface area contributed by atoms with Gasteiger partial charge in [-0.3, -0.25) is 4.79 Å². The third-order valence-corrected chi connectivity index (χ3v) is 5.04. The van der Waals surface area contributed by atoms with Gasteiger partial charge in [-0.1, -0.05) is 68.4 Å². The van der Waals surface area contributed by atoms with Crippen LogP contribution in [-0.4, -0.2) is 31.4 Å². The zero-order valence-corrected chi connectivity index (χ0v) is 19.8. The highest BCUT2D eigenvalue weighted by Crippen LogP contribution is 2.28. The van der Waals surface area contributed by atoms with Crippen LogP contribution in [0, 0.1) is 5.92 Å². The van der Waals surface area contributed by atoms with Crippen molar-refractivity contribution >= 4 is 29.0 Å². The third kappa shape index (κ3) is 7.07. The molecule has 3 aromatic rings. The molecule has 178 valence electrons. The number of ether oxygens (including phenoxy) is 2. The summed E-state index contributed by atoms with van der Waals surface area (Å²) in [6.07, 6.45) is 1.06. The summed E-state index contributed by atoms with van der Waals surface area (Å²) < 4.78 is 10.9. The Hall–Kier alpha value is -3.87. The van der Waals surface area contributed by atoms with Crippen LogP contribution in [0.25, 0.3) is 10.8 Å². The average Bonchev–Trinajstić information content (AvgIpc) is 2.83. The van der Waals surface area contributed by atoms with Crippen LogP contribution in [-0.2, 0) is 9.53 Å². The molecule has 0 aliphatic rings. The first kappa shape index (κ1) is 24.8. The SMILES string of the molecule is CCOC(=O)N[C@H](CC(=O)N/N=C\c1ccc(OCC(C)C)c2ccccc12)c1ccccc1. The van der Waals surface area contributed by atoms with Crippen molar-refractivity contribution < 1.29 is 19.1 Å². The number of nitrogens with zero attached hydrogens (tertiary/aromatic N) is 1. The lowest BCUT2D eigenvalue weighted by Gasteiger charge is -2.18. The highest BCUT2D eigenvalue weighted by Gasteiger charge is 2.18. The van der Waals surface area contributed by atoms with Gasteiger partial charge in [-0.15, -0.1) is 0 Å². The van der Waals surface area contributed by atoms with E-state index in [1.807, 2.05) is 66.7 Å². The van der Waals surface area contributed by atoms with Crippen LogP contribution in [0.4, 0.5) is 4.79 Å². The van der Waals surface area contributed by atoms with Crippen LogP contribution in [0.2, 0.25) is 0 Å². The fourth-order valence-corrected chi connectivity index (χ4v) is 3.45. The number of alkyl carbamates (subject to hydrolysis) is 1. The summed E-state index contributed by atoms with van der Waals surface area (Å²) in [4.78, 5) is 24.5. The monoisotopic (exact) mass is 461 g/mol. The summed E-state index contributed by atoms with van der Waals surface area (Å²) >= 11 is 0. The van der Waals surface area contributed by atoms with E-state index in [4.69, 9.17) is 9.47 Å². The lowest BCUT2D eigenvalue weighted by atomic mass is 10.0. The van der Waals surface area contributed by atoms with Crippen molar-refractivity contribution in [2.75, 3.05) is 13.2 Å². The van der Waals surface area contributed by atoms with Crippen LogP contribution in [0.15, 0.2) is 71.8 Å². The summed E-state index contributed by atoms with van der Waals surface area (Å²) in [6.45, 7) is 6.83. The van der Waals surface area contributed by atoms with E-state index >= 15 is 0 Å². The number of hydrogen-bond acceptors (Lipinski definition) is 5. The third-order valence-electron chi connectivity index (χ3n) is 5.04. The number of rotatable bonds is 10. The molecule has 34 heavy (non-hydrogen) atoms. The minimum atomic E-state index is -0.570. The Morgan fingerprint density at radius 1 is 0.971 bits per heavy atom. The molecule has 2 N–H and O–H groups in total. The van der Waals surface area contributed by atoms with Crippen molar-refractivity contribution in [2.24, 2.45) is 11.0 Å². The van der Waals surface area contributed by atoms with Crippen molar-refractivity contribution in [3.8, 4) is 5.75 Å². The van der Waals surface area contributed by atoms with Crippen molar-refractivity contribution in [1.82, 2.24) is 10.7 Å². The van der Waals surface area contributed by atoms with Gasteiger partial charge in [0.2, 0.25) is 5.91 Å². The molecule has 0 heterocycles. The predicted molar refractivity (Wildman–Crippen MR) is 134 cm³/mol. The number of benzene rings is 3. The highest BCUT2D eigenvalue weighted by molar-refractivity contribution is 6.02. The van der Waals surface area contributed by atoms with Gasteiger partial charge in [0, 0.05) is 10.9 Å². The molecule has 0 saturated carbocycles. The Kier molecular flexibility index (Phi) is 9.03. The number of carbonyl (C=O) groups is 2. The molecule has 7 heteroatoms. The highest BCUT2D eigenvalue weighted by atomic mass is 16.5. The number of nitrogens with one attached hydrogen (secondary N) is 2. The van der Waals surface area contributed by atoms with Crippen LogP contribution in [0.1, 0.15) is 44.4 Å². The van der Waals surface area contributed by atoms with E-state index in [0.717, 1.165) is 27.6 Å². The molecule has 3 rings (SSSR count). The van der Waals surface area contributed by atoms with Crippen LogP contribution < -0.4 is 15.5 Å². The number of carbonyl (C=O) groups excluding carboxylic acids is 2. The van der Waals surface area contributed by atoms with Crippen molar-refractivity contribution in [3.63, 3.8) is 0 Å². The van der Waals surface area contributed by atoms with E-state index in [1.165, 1.54) is 0 Å². The van der Waals surface area contributed by atoms with Gasteiger partial charge < -0.3 is 14.8 Å². The van der Waals surface area contributed by atoms with E-state index in [2.05, 4.69) is 29.7 Å². The summed E-state index contributed by atoms with van der Waals surface area (Å²) in [5.41, 5.74) is 4.22. The normalized spacial score (nSPS) is 12.0. The van der Waals surface area contributed by atoms with E-state index in [-0.39, 0.29) is 18.9 Å². The molecule has 0 spiro atoms. The van der Waals surface area contributed by atoms with Gasteiger partial charge in [-0.05, 0) is 35.9 Å². The second-order valence-electron chi connectivity index (χ2n) is 8.23. The van der Waals surface area contributed by atoms with E-state index < -0.39 is 12.1 Å². The second-order valence-corrected chi connectivity index (χ2v) is 8.23. The quantitative estimate of drug-likeness (QED) is 0.321. The second kappa shape index (κ2) is 12.4. The molecule has 0 saturated heterocycles. The van der Waals surface area contributed by atoms with Crippen molar-refractivity contribution in [2.45, 2.75) is 33.2 Å². The molecular weight excluding hydrogens is 430 g/mol. The number of amides is 2. The Morgan fingerprint density at radius 3 is 2.38 bits per heavy atom. The van der Waals surface area contributed by atoms with Gasteiger partial charge in [-0.2, -0.15) is 5.10 Å². The fraction of sp³-hybridized carbons (Fsp3) is 0.296. The standard InChI is InChI=1S/C27H31N3O4/c1-4-33-27(32)29-24(20-10-6-5-7-11-20)16-26(31)30-28-17-21-14-15-25(34-18-19(2)3)23-13-9-8-12-22(21)23/h5-15,17,19,24H,4,16,18H2,1-3H3,(H,29,32)(H,30,31)/b28-17-/t24-/m1/s1. The molecule has 2 amide bonds. The van der Waals surface area contributed by atoms with Crippen LogP contribution >= 0.6 is 0 Å². The zero-order valence-electron chi connectivity index (χ0n) is 19.8. The molecule has 0 fully saturated rings. The minimum Gasteiger partial charge on any atom is -0.493 e. The molecule has 0 aromatic heterocycles. The maximum atomic E-state index is 12.6. The van der Waals surface area contributed by atoms with Gasteiger partial charge >= 0.3 is 6.09 Å². The van der Waals surface area contributed by atoms with Gasteiger partial charge in [0.1, 0.15) is 5.75 Å². The maximum absolute atomic E-state index is 12.6. The summed E-state index contributed by atoms with van der Waals surface area (Å²) in [6, 6.07) is 20.5. The molecule has 0 radical (unpaired) electrons. The number of hydrogen-bond donors (Lipinski definition) is 2. The summed E-state index contributed by atoms with van der Waals surface area (Å²) in [7, 11) is 0. The molecule has 0 aliphatic heterocycles. The van der Waals surface area contributed by atoms with Gasteiger partial charge in [0.05, 0.1) is 31.9 Å². The summed E-state index contributed by atoms with van der Waals surface area (Å²) in [5.74, 6) is 0.914. The van der Waals surface area contributed by atoms with Gasteiger partial charge in [0.15, 0.2) is 0 Å². The molecular formula is C27H31N3O4. The molecule has 0 unspecified atom stereocenters. The van der Waals surface area contributed by atoms with E-state index in [0.29, 0.717) is 12.5 Å². The Morgan fingerprint density at radius 2 is 1.68 bits per heavy atom. The first-order valence-corrected chi connectivity index (χ1v) is 11.4. The Balaban J connectivity index is 1.69. The Labute approximate surface area is 200 Å². The topological polar surface area (TPSA) is 89.0 Å². The largest absolute Gasteiger partial charge is 0.493 e. The first-order chi connectivity index (χ1) is 16.5. The zero-order chi connectivity index (χ0) is 24.3. The average molecular weight is 462 g/mol. The molecule has 0 bridgehead atoms. The number of fused-ring (bicyclic) bond motifs is 1. The van der Waals surface area contributed by atoms with E-state index in [1.54, 1.807) is 13.1 Å². The van der Waals surface area contributed by atoms with Crippen LogP contribution in [0.5, 0.6) is 5.75 Å². The van der Waals surface area contributed by atoms with Gasteiger partial charge in [0.25, 0.3) is 0 Å². The predicted octanol–water partition coefficient (Wildman–Crippen LogP) is 5.20. The minimum absolute atomic E-state index is 0.0168. The van der Waals surface area contributed by atoms with Crippen LogP contribution in [0.3, 0.4) is 0 Å². The maximum Gasteiger partial charge on any atom is 0.407 e. The fourth-order valence-electron chi connectivity index (χ4n) is 3.45. The molecule has 3 aromatic carbocycles. The van der Waals surface area contributed by atoms with Crippen molar-refractivity contribution in [3.05, 3.63) is 77.9 Å². The van der Waals surface area contributed by atoms with Crippen molar-refractivity contribution in [1.29, 1.82) is 0 Å². The lowest BCUT2D eigenvalue weighted by Crippen LogP contribution is -2.33. The molecule has 1 atom stereocenters. The lowest BCUT2D eigenvalue weighted by molar-refractivity contribution is -0.121. The number of hydrazone groups is 1. The molecule has 7 nitrogen and oxygen atoms in total. The smallest absolute Gasteiger partial charge is 0.407 e. The van der Waals surface area contributed by atoms with E-state index in [9.17, 15) is 9.59 Å². The Bertz CT molecular complexity index is 1130. The van der Waals surface area contributed by atoms with Gasteiger partial charge in [-0.25, -0.2) is 10.2 Å². The first-order valence-electron chi connectivity index (χ1n) is 11.4. The molecule has 0 aliphatic carbocycles. The summed E-state index contributed by atoms with van der Waals surface area (Å²) in [5, 5.41) is 8.85.